The molecule has 0 radical (unpaired) electrons. The zero-order valence-corrected chi connectivity index (χ0v) is 9.13. The molecule has 0 unspecified atom stereocenters. The maximum atomic E-state index is 5.99. The van der Waals surface area contributed by atoms with Crippen molar-refractivity contribution in [1.29, 1.82) is 0 Å². The zero-order valence-electron chi connectivity index (χ0n) is 8.37. The fourth-order valence-electron chi connectivity index (χ4n) is 1.39. The lowest BCUT2D eigenvalue weighted by atomic mass is 10.2. The second-order valence-corrected chi connectivity index (χ2v) is 3.32. The minimum atomic E-state index is 0.529. The molecule has 0 amide bonds. The van der Waals surface area contributed by atoms with E-state index >= 15 is 0 Å². The highest BCUT2D eigenvalue weighted by Gasteiger charge is 2.14. The van der Waals surface area contributed by atoms with Crippen molar-refractivity contribution in [2.45, 2.75) is 0 Å². The Kier molecular flexibility index (Phi) is 2.58. The van der Waals surface area contributed by atoms with Crippen molar-refractivity contribution in [3.63, 3.8) is 0 Å². The Balaban J connectivity index is 2.79. The molecule has 15 heavy (non-hydrogen) atoms. The molecule has 76 valence electrons. The lowest BCUT2D eigenvalue weighted by Gasteiger charge is -2.04. The summed E-state index contributed by atoms with van der Waals surface area (Å²) in [6, 6.07) is 3.58. The van der Waals surface area contributed by atoms with E-state index in [0.29, 0.717) is 16.5 Å². The standard InChI is InChI=1S/C11H9ClNO2/c1-14-10-5-7-8(12)3-4-13-9(7)6-11(10)15-2/h4-6H,1-2H3/q+1. The van der Waals surface area contributed by atoms with Gasteiger partial charge in [-0.05, 0) is 11.6 Å². The predicted molar refractivity (Wildman–Crippen MR) is 57.4 cm³/mol. The van der Waals surface area contributed by atoms with Crippen LogP contribution in [0.3, 0.4) is 0 Å². The third-order valence-electron chi connectivity index (χ3n) is 2.13. The molecule has 1 aromatic carbocycles. The molecule has 1 aliphatic heterocycles. The molecule has 0 bridgehead atoms. The van der Waals surface area contributed by atoms with E-state index < -0.39 is 0 Å². The van der Waals surface area contributed by atoms with Crippen LogP contribution in [0.15, 0.2) is 23.3 Å². The summed E-state index contributed by atoms with van der Waals surface area (Å²) in [5.41, 5.74) is 0. The number of hydrogen-bond donors (Lipinski definition) is 0. The fraction of sp³-hybridized carbons (Fsp3) is 0.182. The molecule has 0 aliphatic carbocycles. The van der Waals surface area contributed by atoms with Crippen molar-refractivity contribution in [3.05, 3.63) is 35.0 Å². The van der Waals surface area contributed by atoms with Crippen molar-refractivity contribution < 1.29 is 9.47 Å². The van der Waals surface area contributed by atoms with Crippen LogP contribution in [0, 0.1) is 6.08 Å². The lowest BCUT2D eigenvalue weighted by Crippen LogP contribution is -2.27. The van der Waals surface area contributed by atoms with Crippen LogP contribution < -0.4 is 20.0 Å². The highest BCUT2D eigenvalue weighted by molar-refractivity contribution is 6.46. The van der Waals surface area contributed by atoms with Crippen LogP contribution in [0.1, 0.15) is 0 Å². The van der Waals surface area contributed by atoms with Crippen LogP contribution in [-0.4, -0.2) is 14.2 Å². The predicted octanol–water partition coefficient (Wildman–Crippen LogP) is 1.00. The quantitative estimate of drug-likeness (QED) is 0.699. The summed E-state index contributed by atoms with van der Waals surface area (Å²) in [4.78, 5) is 4.15. The Bertz CT molecular complexity index is 534. The molecule has 1 aromatic rings. The van der Waals surface area contributed by atoms with Crippen molar-refractivity contribution in [1.82, 2.24) is 0 Å². The number of nitrogens with zero attached hydrogens (tertiary/aromatic N) is 1. The van der Waals surface area contributed by atoms with Crippen LogP contribution in [0.25, 0.3) is 5.03 Å². The molecule has 1 aliphatic rings. The first-order valence-corrected chi connectivity index (χ1v) is 4.72. The van der Waals surface area contributed by atoms with E-state index in [1.165, 1.54) is 6.20 Å². The number of ether oxygens (including phenoxy) is 2. The van der Waals surface area contributed by atoms with Gasteiger partial charge in [0, 0.05) is 6.07 Å². The molecule has 2 rings (SSSR count). The van der Waals surface area contributed by atoms with Gasteiger partial charge in [0.25, 0.3) is 5.03 Å². The average molecular weight is 223 g/mol. The fourth-order valence-corrected chi connectivity index (χ4v) is 1.59. The van der Waals surface area contributed by atoms with Gasteiger partial charge in [-0.25, -0.2) is 4.99 Å². The van der Waals surface area contributed by atoms with Crippen molar-refractivity contribution >= 4 is 16.6 Å². The number of methoxy groups -OCH3 is 2. The topological polar surface area (TPSA) is 30.8 Å². The third-order valence-corrected chi connectivity index (χ3v) is 2.45. The molecule has 0 aromatic heterocycles. The minimum Gasteiger partial charge on any atom is -0.493 e. The number of rotatable bonds is 2. The average Bonchev–Trinajstić information content (AvgIpc) is 2.28. The Morgan fingerprint density at radius 3 is 2.53 bits per heavy atom. The highest BCUT2D eigenvalue weighted by atomic mass is 35.5. The number of fused-ring (bicyclic) bond motifs is 1. The maximum absolute atomic E-state index is 5.99. The van der Waals surface area contributed by atoms with Crippen LogP contribution >= 0.6 is 11.6 Å². The van der Waals surface area contributed by atoms with Gasteiger partial charge in [0.1, 0.15) is 6.08 Å². The Morgan fingerprint density at radius 2 is 1.87 bits per heavy atom. The van der Waals surface area contributed by atoms with Gasteiger partial charge in [-0.15, -0.1) is 0 Å². The molecule has 0 fully saturated rings. The van der Waals surface area contributed by atoms with Crippen LogP contribution in [0.2, 0.25) is 0 Å². The van der Waals surface area contributed by atoms with E-state index in [0.717, 1.165) is 10.6 Å². The summed E-state index contributed by atoms with van der Waals surface area (Å²) in [6.45, 7) is 0. The second kappa shape index (κ2) is 3.89. The van der Waals surface area contributed by atoms with Gasteiger partial charge in [-0.2, -0.15) is 0 Å². The Hall–Kier alpha value is -1.57. The Morgan fingerprint density at radius 1 is 1.20 bits per heavy atom. The SMILES string of the molecule is COc1cc2c(cc1OC)=C(Cl)[C+]=CN=2. The summed E-state index contributed by atoms with van der Waals surface area (Å²) in [5, 5.41) is 2.09. The van der Waals surface area contributed by atoms with E-state index in [1.807, 2.05) is 0 Å². The van der Waals surface area contributed by atoms with Crippen LogP contribution in [0.4, 0.5) is 0 Å². The first-order valence-electron chi connectivity index (χ1n) is 4.34. The number of benzene rings is 1. The van der Waals surface area contributed by atoms with Crippen molar-refractivity contribution in [3.8, 4) is 11.5 Å². The van der Waals surface area contributed by atoms with Gasteiger partial charge in [0.05, 0.1) is 20.3 Å². The zero-order chi connectivity index (χ0) is 10.8. The largest absolute Gasteiger partial charge is 0.493 e. The normalized spacial score (nSPS) is 12.6. The molecule has 1 heterocycles. The Labute approximate surface area is 92.3 Å². The lowest BCUT2D eigenvalue weighted by molar-refractivity contribution is 0.354. The summed E-state index contributed by atoms with van der Waals surface area (Å²) < 4.78 is 10.3. The van der Waals surface area contributed by atoms with Gasteiger partial charge in [0.2, 0.25) is 0 Å². The minimum absolute atomic E-state index is 0.529. The van der Waals surface area contributed by atoms with E-state index in [-0.39, 0.29) is 0 Å². The molecule has 0 N–H and O–H groups in total. The molecule has 0 saturated carbocycles. The third kappa shape index (κ3) is 1.67. The molecule has 3 nitrogen and oxygen atoms in total. The van der Waals surface area contributed by atoms with Gasteiger partial charge < -0.3 is 9.47 Å². The van der Waals surface area contributed by atoms with Crippen molar-refractivity contribution in [2.24, 2.45) is 4.99 Å². The highest BCUT2D eigenvalue weighted by Crippen LogP contribution is 2.22. The van der Waals surface area contributed by atoms with Crippen LogP contribution in [-0.2, 0) is 0 Å². The first-order chi connectivity index (χ1) is 7.26. The summed E-state index contributed by atoms with van der Waals surface area (Å²) in [5.74, 6) is 1.27. The van der Waals surface area contributed by atoms with Crippen LogP contribution in [0.5, 0.6) is 11.5 Å². The number of hydrogen-bond acceptors (Lipinski definition) is 3. The molecular formula is C11H9ClNO2+. The van der Waals surface area contributed by atoms with Gasteiger partial charge in [-0.3, -0.25) is 0 Å². The maximum Gasteiger partial charge on any atom is 0.273 e. The van der Waals surface area contributed by atoms with E-state index in [2.05, 4.69) is 11.1 Å². The molecule has 4 heteroatoms. The first kappa shape index (κ1) is 9.97. The monoisotopic (exact) mass is 222 g/mol. The summed E-state index contributed by atoms with van der Waals surface area (Å²) >= 11 is 5.99. The summed E-state index contributed by atoms with van der Waals surface area (Å²) in [6.07, 6.45) is 4.36. The van der Waals surface area contributed by atoms with E-state index in [4.69, 9.17) is 21.1 Å². The molecule has 0 saturated heterocycles. The van der Waals surface area contributed by atoms with E-state index in [9.17, 15) is 0 Å². The second-order valence-electron chi connectivity index (χ2n) is 2.94. The molecular weight excluding hydrogens is 214 g/mol. The number of allylic oxidation sites excluding steroid dienone is 1. The molecule has 0 spiro atoms. The summed E-state index contributed by atoms with van der Waals surface area (Å²) in [7, 11) is 3.16. The van der Waals surface area contributed by atoms with Crippen molar-refractivity contribution in [2.75, 3.05) is 14.2 Å². The van der Waals surface area contributed by atoms with E-state index in [1.54, 1.807) is 26.4 Å². The molecule has 0 atom stereocenters. The number of halogens is 1. The van der Waals surface area contributed by atoms with Gasteiger partial charge in [-0.1, -0.05) is 0 Å². The van der Waals surface area contributed by atoms with Gasteiger partial charge in [0.15, 0.2) is 28.3 Å². The van der Waals surface area contributed by atoms with Gasteiger partial charge >= 0.3 is 0 Å². The smallest absolute Gasteiger partial charge is 0.273 e.